The van der Waals surface area contributed by atoms with E-state index in [1.165, 1.54) is 11.1 Å². The lowest BCUT2D eigenvalue weighted by Gasteiger charge is -2.28. The molecule has 0 aromatic heterocycles. The quantitative estimate of drug-likeness (QED) is 0.771. The first-order chi connectivity index (χ1) is 9.48. The van der Waals surface area contributed by atoms with Gasteiger partial charge in [-0.15, -0.1) is 0 Å². The summed E-state index contributed by atoms with van der Waals surface area (Å²) in [6, 6.07) is 10.5. The maximum atomic E-state index is 12.1. The first-order valence-corrected chi connectivity index (χ1v) is 10.9. The van der Waals surface area contributed by atoms with Gasteiger partial charge in [0.2, 0.25) is 0 Å². The Kier molecular flexibility index (Phi) is 4.94. The molecule has 3 heteroatoms. The van der Waals surface area contributed by atoms with Crippen molar-refractivity contribution in [3.05, 3.63) is 46.7 Å². The highest BCUT2D eigenvalue weighted by atomic mass is 28.3. The summed E-state index contributed by atoms with van der Waals surface area (Å²) in [7, 11) is -1.56. The minimum Gasteiger partial charge on any atom is -0.369 e. The van der Waals surface area contributed by atoms with Crippen molar-refractivity contribution in [2.75, 3.05) is 13.2 Å². The Hall–Kier alpha value is -1.19. The van der Waals surface area contributed by atoms with Crippen molar-refractivity contribution in [2.24, 2.45) is 0 Å². The fraction of sp³-hybridized carbons (Fsp3) is 0.471. The lowest BCUT2D eigenvalue weighted by Crippen LogP contribution is -2.36. The summed E-state index contributed by atoms with van der Waals surface area (Å²) < 4.78 is 5.44. The van der Waals surface area contributed by atoms with Crippen LogP contribution in [0.25, 0.3) is 0 Å². The monoisotopic (exact) mass is 288 g/mol. The van der Waals surface area contributed by atoms with E-state index in [0.717, 1.165) is 24.5 Å². The summed E-state index contributed by atoms with van der Waals surface area (Å²) in [4.78, 5) is 12.1. The van der Waals surface area contributed by atoms with E-state index in [1.807, 2.05) is 6.07 Å². The van der Waals surface area contributed by atoms with Crippen LogP contribution in [0.1, 0.15) is 18.4 Å². The lowest BCUT2D eigenvalue weighted by atomic mass is 10.0. The van der Waals surface area contributed by atoms with E-state index in [4.69, 9.17) is 4.74 Å². The Labute approximate surface area is 122 Å². The van der Waals surface area contributed by atoms with Crippen LogP contribution in [0, 0.1) is 0 Å². The minimum absolute atomic E-state index is 0.227. The van der Waals surface area contributed by atoms with Gasteiger partial charge in [0.15, 0.2) is 5.78 Å². The molecule has 0 radical (unpaired) electrons. The largest absolute Gasteiger partial charge is 0.369 e. The van der Waals surface area contributed by atoms with Crippen LogP contribution in [0.2, 0.25) is 19.6 Å². The van der Waals surface area contributed by atoms with Gasteiger partial charge in [-0.25, -0.2) is 0 Å². The van der Waals surface area contributed by atoms with Gasteiger partial charge in [0, 0.05) is 0 Å². The molecule has 1 aromatic carbocycles. The van der Waals surface area contributed by atoms with E-state index in [0.29, 0.717) is 6.61 Å². The van der Waals surface area contributed by atoms with Crippen molar-refractivity contribution in [1.82, 2.24) is 0 Å². The van der Waals surface area contributed by atoms with Gasteiger partial charge in [-0.1, -0.05) is 50.0 Å². The Morgan fingerprint density at radius 1 is 1.05 bits per heavy atom. The Morgan fingerprint density at radius 2 is 1.75 bits per heavy atom. The van der Waals surface area contributed by atoms with Crippen molar-refractivity contribution >= 4 is 13.9 Å². The molecule has 0 spiro atoms. The number of hydrogen-bond donors (Lipinski definition) is 0. The summed E-state index contributed by atoms with van der Waals surface area (Å²) in [6.07, 6.45) is 3.14. The second-order valence-electron chi connectivity index (χ2n) is 6.48. The number of hydrogen-bond acceptors (Lipinski definition) is 2. The van der Waals surface area contributed by atoms with E-state index in [9.17, 15) is 4.79 Å². The second-order valence-corrected chi connectivity index (χ2v) is 11.5. The van der Waals surface area contributed by atoms with Gasteiger partial charge in [-0.2, -0.15) is 0 Å². The third-order valence-electron chi connectivity index (χ3n) is 3.68. The van der Waals surface area contributed by atoms with E-state index in [2.05, 4.69) is 43.9 Å². The zero-order valence-electron chi connectivity index (χ0n) is 12.7. The molecule has 2 nitrogen and oxygen atoms in total. The average molecular weight is 288 g/mol. The van der Waals surface area contributed by atoms with Gasteiger partial charge in [-0.3, -0.25) is 4.79 Å². The molecular weight excluding hydrogens is 264 g/mol. The molecule has 1 heterocycles. The van der Waals surface area contributed by atoms with Gasteiger partial charge < -0.3 is 4.74 Å². The zero-order valence-corrected chi connectivity index (χ0v) is 13.7. The molecule has 1 aromatic rings. The molecule has 0 aliphatic carbocycles. The summed E-state index contributed by atoms with van der Waals surface area (Å²) in [6.45, 7) is 7.69. The third kappa shape index (κ3) is 3.90. The highest BCUT2D eigenvalue weighted by Gasteiger charge is 2.31. The molecule has 0 atom stereocenters. The summed E-state index contributed by atoms with van der Waals surface area (Å²) >= 11 is 0. The molecule has 108 valence electrons. The predicted octanol–water partition coefficient (Wildman–Crippen LogP) is 3.78. The smallest absolute Gasteiger partial charge is 0.180 e. The van der Waals surface area contributed by atoms with Crippen molar-refractivity contribution in [3.63, 3.8) is 0 Å². The van der Waals surface area contributed by atoms with Crippen LogP contribution >= 0.6 is 0 Å². The fourth-order valence-electron chi connectivity index (χ4n) is 2.90. The minimum atomic E-state index is -1.56. The van der Waals surface area contributed by atoms with Gasteiger partial charge in [0.05, 0.1) is 14.7 Å². The molecule has 0 N–H and O–H groups in total. The maximum absolute atomic E-state index is 12.1. The van der Waals surface area contributed by atoms with Crippen LogP contribution in [0.5, 0.6) is 0 Å². The van der Waals surface area contributed by atoms with Gasteiger partial charge in [-0.05, 0) is 35.6 Å². The molecule has 2 rings (SSSR count). The second kappa shape index (κ2) is 6.51. The number of aryl methyl sites for hydroxylation is 1. The first-order valence-electron chi connectivity index (χ1n) is 7.36. The number of carbonyl (C=O) groups excluding carboxylic acids is 1. The summed E-state index contributed by atoms with van der Waals surface area (Å²) in [5, 5.41) is 1.14. The van der Waals surface area contributed by atoms with Gasteiger partial charge >= 0.3 is 0 Å². The number of ether oxygens (including phenoxy) is 1. The van der Waals surface area contributed by atoms with E-state index in [1.54, 1.807) is 0 Å². The highest BCUT2D eigenvalue weighted by Crippen LogP contribution is 2.26. The zero-order chi connectivity index (χ0) is 14.6. The van der Waals surface area contributed by atoms with E-state index in [-0.39, 0.29) is 12.4 Å². The average Bonchev–Trinajstić information content (AvgIpc) is 2.38. The van der Waals surface area contributed by atoms with E-state index >= 15 is 0 Å². The molecule has 1 aliphatic heterocycles. The maximum Gasteiger partial charge on any atom is 0.180 e. The molecule has 0 bridgehead atoms. The Bertz CT molecular complexity index is 497. The number of Topliss-reactive ketones (excluding diaryl/α,β-unsaturated/α-hetero) is 1. The van der Waals surface area contributed by atoms with Crippen molar-refractivity contribution in [2.45, 2.75) is 38.9 Å². The Morgan fingerprint density at radius 3 is 2.40 bits per heavy atom. The van der Waals surface area contributed by atoms with Gasteiger partial charge in [0.25, 0.3) is 0 Å². The van der Waals surface area contributed by atoms with Crippen LogP contribution in [-0.4, -0.2) is 27.1 Å². The predicted molar refractivity (Wildman–Crippen MR) is 85.6 cm³/mol. The van der Waals surface area contributed by atoms with Crippen molar-refractivity contribution in [3.8, 4) is 0 Å². The van der Waals surface area contributed by atoms with Crippen LogP contribution in [0.15, 0.2) is 41.1 Å². The molecule has 20 heavy (non-hydrogen) atoms. The molecule has 0 unspecified atom stereocenters. The van der Waals surface area contributed by atoms with Gasteiger partial charge in [0.1, 0.15) is 6.61 Å². The number of ketones is 1. The normalized spacial score (nSPS) is 16.6. The van der Waals surface area contributed by atoms with Crippen LogP contribution in [0.3, 0.4) is 0 Å². The summed E-state index contributed by atoms with van der Waals surface area (Å²) in [5.74, 6) is 0.227. The van der Waals surface area contributed by atoms with Crippen LogP contribution in [-0.2, 0) is 16.0 Å². The first kappa shape index (κ1) is 15.2. The number of benzene rings is 1. The van der Waals surface area contributed by atoms with Crippen LogP contribution in [0.4, 0.5) is 0 Å². The van der Waals surface area contributed by atoms with Crippen molar-refractivity contribution in [1.29, 1.82) is 0 Å². The molecular formula is C17H24O2Si. The SMILES string of the molecule is C[Si](C)(C)C1=C(CCCc2ccccc2)COCC1=O. The molecule has 1 aliphatic rings. The molecule has 0 saturated carbocycles. The highest BCUT2D eigenvalue weighted by molar-refractivity contribution is 6.87. The molecule has 0 amide bonds. The third-order valence-corrected chi connectivity index (χ3v) is 5.81. The van der Waals surface area contributed by atoms with E-state index < -0.39 is 8.07 Å². The number of rotatable bonds is 5. The topological polar surface area (TPSA) is 26.3 Å². The number of carbonyl (C=O) groups is 1. The Balaban J connectivity index is 2.04. The lowest BCUT2D eigenvalue weighted by molar-refractivity contribution is -0.120. The van der Waals surface area contributed by atoms with Crippen molar-refractivity contribution < 1.29 is 9.53 Å². The fourth-order valence-corrected chi connectivity index (χ4v) is 5.07. The standard InChI is InChI=1S/C17H24O2Si/c1-20(2,3)17-15(12-19-13-16(17)18)11-7-10-14-8-5-4-6-9-14/h4-6,8-9H,7,10-13H2,1-3H3. The molecule has 0 fully saturated rings. The summed E-state index contributed by atoms with van der Waals surface area (Å²) in [5.41, 5.74) is 2.63. The van der Waals surface area contributed by atoms with Crippen LogP contribution < -0.4 is 0 Å². The molecule has 0 saturated heterocycles.